The van der Waals surface area contributed by atoms with E-state index in [0.29, 0.717) is 17.8 Å². The van der Waals surface area contributed by atoms with E-state index < -0.39 is 23.6 Å². The summed E-state index contributed by atoms with van der Waals surface area (Å²) in [4.78, 5) is 65.3. The lowest BCUT2D eigenvalue weighted by Gasteiger charge is -2.20. The number of aryl methyl sites for hydroxylation is 3. The number of nitrogen functional groups attached to an aromatic ring is 1. The van der Waals surface area contributed by atoms with Gasteiger partial charge < -0.3 is 41.1 Å². The smallest absolute Gasteiger partial charge is 0.282 e. The molecule has 0 fully saturated rings. The average Bonchev–Trinajstić information content (AvgIpc) is 3.64. The van der Waals surface area contributed by atoms with E-state index in [0.717, 1.165) is 4.90 Å². The number of amidine groups is 1. The number of anilines is 4. The van der Waals surface area contributed by atoms with Crippen molar-refractivity contribution in [2.24, 2.45) is 26.9 Å². The molecule has 5 amide bonds. The van der Waals surface area contributed by atoms with Gasteiger partial charge >= 0.3 is 0 Å². The van der Waals surface area contributed by atoms with Crippen LogP contribution in [0.3, 0.4) is 0 Å². The van der Waals surface area contributed by atoms with Gasteiger partial charge in [0, 0.05) is 63.9 Å². The molecule has 8 N–H and O–H groups in total. The second-order valence-electron chi connectivity index (χ2n) is 9.96. The first kappa shape index (κ1) is 30.8. The predicted octanol–water partition coefficient (Wildman–Crippen LogP) is 1.65. The molecule has 4 aromatic rings. The number of nitrogens with two attached hydrogens (primary N) is 2. The van der Waals surface area contributed by atoms with Gasteiger partial charge in [-0.2, -0.15) is 0 Å². The summed E-state index contributed by atoms with van der Waals surface area (Å²) in [6.45, 7) is 0.136. The molecule has 0 saturated carbocycles. The summed E-state index contributed by atoms with van der Waals surface area (Å²) in [6, 6.07) is 10.4. The van der Waals surface area contributed by atoms with Gasteiger partial charge in [-0.05, 0) is 42.5 Å². The number of carbonyl (C=O) groups is 5. The second-order valence-corrected chi connectivity index (χ2v) is 9.96. The van der Waals surface area contributed by atoms with E-state index in [9.17, 15) is 24.0 Å². The minimum atomic E-state index is -0.722. The molecule has 1 aromatic carbocycles. The zero-order chi connectivity index (χ0) is 32.1. The lowest BCUT2D eigenvalue weighted by atomic mass is 10.1. The van der Waals surface area contributed by atoms with Crippen molar-refractivity contribution in [3.05, 3.63) is 83.7 Å². The zero-order valence-corrected chi connectivity index (χ0v) is 24.2. The molecule has 0 aliphatic rings. The van der Waals surface area contributed by atoms with Crippen LogP contribution in [0.1, 0.15) is 48.2 Å². The summed E-state index contributed by atoms with van der Waals surface area (Å²) in [5, 5.41) is 15.2. The molecule has 0 spiro atoms. The Labute approximate surface area is 251 Å². The van der Waals surface area contributed by atoms with Gasteiger partial charge in [0.2, 0.25) is 6.41 Å². The van der Waals surface area contributed by atoms with Gasteiger partial charge in [-0.3, -0.25) is 29.4 Å². The molecular formula is C29H32N10O5. The Morgan fingerprint density at radius 1 is 0.841 bits per heavy atom. The van der Waals surface area contributed by atoms with Gasteiger partial charge in [0.1, 0.15) is 17.1 Å². The molecule has 0 radical (unpaired) electrons. The maximum Gasteiger partial charge on any atom is 0.282 e. The number of imide groups is 1. The van der Waals surface area contributed by atoms with E-state index >= 15 is 0 Å². The third kappa shape index (κ3) is 6.67. The number of hydrogen-bond donors (Lipinski definition) is 6. The summed E-state index contributed by atoms with van der Waals surface area (Å²) < 4.78 is 4.47. The standard InChI is InChI=1S/C29H32N10O5/c1-36-13-19(34-16-40)10-22(36)27(42)35-20-11-24(37(2)14-20)29(44)39(28(43)17-4-6-18(30)7-5-17)21-12-23(38(3)15-21)26(41)33-9-8-25(31)32/h4-7,10-16H,8-9,30H2,1-3H3,(H3,31,32)(H,33,41)(H,34,40)(H,35,42). The van der Waals surface area contributed by atoms with Crippen LogP contribution in [0.4, 0.5) is 22.7 Å². The molecular weight excluding hydrogens is 568 g/mol. The minimum absolute atomic E-state index is 0.0654. The Balaban J connectivity index is 1.66. The van der Waals surface area contributed by atoms with Gasteiger partial charge in [-0.25, -0.2) is 4.90 Å². The normalized spacial score (nSPS) is 10.6. The maximum atomic E-state index is 14.0. The van der Waals surface area contributed by atoms with Crippen molar-refractivity contribution in [1.29, 1.82) is 5.41 Å². The SMILES string of the molecule is Cn1cc(N(C(=O)c2ccc(N)cc2)C(=O)c2cc(NC(=O)c3cc(NC=O)cn3C)cn2C)cc1C(=O)NCCC(=N)N. The van der Waals surface area contributed by atoms with E-state index in [1.54, 1.807) is 27.3 Å². The monoisotopic (exact) mass is 600 g/mol. The maximum absolute atomic E-state index is 14.0. The number of hydrogen-bond acceptors (Lipinski definition) is 7. The van der Waals surface area contributed by atoms with Crippen molar-refractivity contribution in [1.82, 2.24) is 19.0 Å². The van der Waals surface area contributed by atoms with Crippen LogP contribution >= 0.6 is 0 Å². The van der Waals surface area contributed by atoms with Crippen LogP contribution in [0.5, 0.6) is 0 Å². The summed E-state index contributed by atoms with van der Waals surface area (Å²) >= 11 is 0. The third-order valence-electron chi connectivity index (χ3n) is 6.67. The molecule has 228 valence electrons. The molecule has 0 atom stereocenters. The number of aromatic nitrogens is 3. The molecule has 4 rings (SSSR count). The topological polar surface area (TPSA) is 215 Å². The Hall–Kier alpha value is -6.12. The second kappa shape index (κ2) is 12.8. The molecule has 0 aliphatic heterocycles. The largest absolute Gasteiger partial charge is 0.399 e. The molecule has 15 nitrogen and oxygen atoms in total. The fraction of sp³-hybridized carbons (Fsp3) is 0.172. The van der Waals surface area contributed by atoms with Crippen molar-refractivity contribution in [3.8, 4) is 0 Å². The highest BCUT2D eigenvalue weighted by Crippen LogP contribution is 2.25. The fourth-order valence-electron chi connectivity index (χ4n) is 4.47. The minimum Gasteiger partial charge on any atom is -0.399 e. The average molecular weight is 601 g/mol. The van der Waals surface area contributed by atoms with Crippen molar-refractivity contribution < 1.29 is 24.0 Å². The third-order valence-corrected chi connectivity index (χ3v) is 6.67. The first-order valence-corrected chi connectivity index (χ1v) is 13.3. The first-order chi connectivity index (χ1) is 20.9. The molecule has 15 heteroatoms. The van der Waals surface area contributed by atoms with Crippen LogP contribution < -0.4 is 32.3 Å². The van der Waals surface area contributed by atoms with Crippen LogP contribution in [0.15, 0.2) is 61.1 Å². The van der Waals surface area contributed by atoms with Crippen LogP contribution in [-0.4, -0.2) is 56.1 Å². The van der Waals surface area contributed by atoms with E-state index in [-0.39, 0.29) is 52.8 Å². The van der Waals surface area contributed by atoms with E-state index in [1.165, 1.54) is 68.6 Å². The quantitative estimate of drug-likeness (QED) is 0.0491. The van der Waals surface area contributed by atoms with E-state index in [1.807, 2.05) is 0 Å². The number of nitrogens with zero attached hydrogens (tertiary/aromatic N) is 4. The van der Waals surface area contributed by atoms with Crippen LogP contribution in [0.2, 0.25) is 0 Å². The van der Waals surface area contributed by atoms with Crippen LogP contribution in [0, 0.1) is 5.41 Å². The fourth-order valence-corrected chi connectivity index (χ4v) is 4.47. The van der Waals surface area contributed by atoms with E-state index in [4.69, 9.17) is 16.9 Å². The predicted molar refractivity (Wildman–Crippen MR) is 165 cm³/mol. The summed E-state index contributed by atoms with van der Waals surface area (Å²) in [5.41, 5.74) is 13.1. The Kier molecular flexibility index (Phi) is 8.98. The number of nitrogens with one attached hydrogen (secondary N) is 4. The summed E-state index contributed by atoms with van der Waals surface area (Å²) in [5.74, 6) is -2.45. The van der Waals surface area contributed by atoms with Gasteiger partial charge in [0.15, 0.2) is 0 Å². The highest BCUT2D eigenvalue weighted by atomic mass is 16.2. The molecule has 0 saturated heterocycles. The Morgan fingerprint density at radius 2 is 1.43 bits per heavy atom. The number of carbonyl (C=O) groups excluding carboxylic acids is 5. The summed E-state index contributed by atoms with van der Waals surface area (Å²) in [7, 11) is 4.82. The Bertz CT molecular complexity index is 1760. The highest BCUT2D eigenvalue weighted by molar-refractivity contribution is 6.26. The molecule has 3 aromatic heterocycles. The molecule has 0 unspecified atom stereocenters. The van der Waals surface area contributed by atoms with Crippen molar-refractivity contribution >= 4 is 58.6 Å². The number of amides is 5. The molecule has 0 bridgehead atoms. The lowest BCUT2D eigenvalue weighted by molar-refractivity contribution is -0.105. The van der Waals surface area contributed by atoms with Crippen molar-refractivity contribution in [2.75, 3.05) is 27.8 Å². The molecule has 44 heavy (non-hydrogen) atoms. The van der Waals surface area contributed by atoms with Gasteiger partial charge in [0.05, 0.1) is 22.9 Å². The lowest BCUT2D eigenvalue weighted by Crippen LogP contribution is -2.37. The zero-order valence-electron chi connectivity index (χ0n) is 24.2. The van der Waals surface area contributed by atoms with Crippen molar-refractivity contribution in [3.63, 3.8) is 0 Å². The number of rotatable bonds is 11. The molecule has 0 aliphatic carbocycles. The van der Waals surface area contributed by atoms with Gasteiger partial charge in [0.25, 0.3) is 23.6 Å². The molecule has 3 heterocycles. The van der Waals surface area contributed by atoms with Gasteiger partial charge in [-0.15, -0.1) is 0 Å². The number of benzene rings is 1. The van der Waals surface area contributed by atoms with Crippen LogP contribution in [-0.2, 0) is 25.9 Å². The van der Waals surface area contributed by atoms with Crippen molar-refractivity contribution in [2.45, 2.75) is 6.42 Å². The van der Waals surface area contributed by atoms with Gasteiger partial charge in [-0.1, -0.05) is 0 Å². The summed E-state index contributed by atoms with van der Waals surface area (Å²) in [6.07, 6.45) is 5.22. The van der Waals surface area contributed by atoms with Crippen LogP contribution in [0.25, 0.3) is 0 Å². The Morgan fingerprint density at radius 3 is 2.09 bits per heavy atom. The first-order valence-electron chi connectivity index (χ1n) is 13.3. The van der Waals surface area contributed by atoms with E-state index in [2.05, 4.69) is 16.0 Å². The highest BCUT2D eigenvalue weighted by Gasteiger charge is 2.30.